The van der Waals surface area contributed by atoms with Crippen LogP contribution in [0.1, 0.15) is 41.3 Å². The van der Waals surface area contributed by atoms with Crippen LogP contribution in [0.4, 0.5) is 0 Å². The molecule has 0 bridgehead atoms. The molecule has 3 rings (SSSR count). The Morgan fingerprint density at radius 1 is 0.923 bits per heavy atom. The van der Waals surface area contributed by atoms with E-state index in [2.05, 4.69) is 11.9 Å². The maximum absolute atomic E-state index is 13.6. The number of carboxylic acid groups (broad SMARTS) is 2. The zero-order valence-corrected chi connectivity index (χ0v) is 22.1. The van der Waals surface area contributed by atoms with Gasteiger partial charge in [0.05, 0.1) is 17.4 Å². The van der Waals surface area contributed by atoms with Crippen LogP contribution in [-0.2, 0) is 39.9 Å². The summed E-state index contributed by atoms with van der Waals surface area (Å²) in [6.45, 7) is 6.23. The fourth-order valence-corrected chi connectivity index (χ4v) is 6.10. The summed E-state index contributed by atoms with van der Waals surface area (Å²) in [5.74, 6) is -9.95. The molecule has 1 amide bonds. The summed E-state index contributed by atoms with van der Waals surface area (Å²) in [4.78, 5) is 74.8. The molecule has 0 saturated heterocycles. The number of hydrogen-bond acceptors (Lipinski definition) is 8. The van der Waals surface area contributed by atoms with E-state index < -0.39 is 71.1 Å². The Bertz CT molecular complexity index is 1190. The number of aryl methyl sites for hydroxylation is 1. The van der Waals surface area contributed by atoms with Crippen LogP contribution in [0.15, 0.2) is 30.4 Å². The van der Waals surface area contributed by atoms with Crippen molar-refractivity contribution in [2.24, 2.45) is 35.5 Å². The van der Waals surface area contributed by atoms with Crippen LogP contribution < -0.4 is 5.32 Å². The maximum atomic E-state index is 13.6. The highest BCUT2D eigenvalue weighted by Gasteiger charge is 2.61. The van der Waals surface area contributed by atoms with Gasteiger partial charge in [-0.1, -0.05) is 24.8 Å². The largest absolute Gasteiger partial charge is 0.481 e. The third-order valence-corrected chi connectivity index (χ3v) is 7.78. The molecule has 210 valence electrons. The monoisotopic (exact) mass is 543 g/mol. The van der Waals surface area contributed by atoms with Crippen molar-refractivity contribution < 1.29 is 48.5 Å². The third kappa shape index (κ3) is 6.18. The van der Waals surface area contributed by atoms with Gasteiger partial charge >= 0.3 is 23.9 Å². The van der Waals surface area contributed by atoms with Gasteiger partial charge in [-0.15, -0.1) is 0 Å². The zero-order chi connectivity index (χ0) is 29.0. The lowest BCUT2D eigenvalue weighted by Gasteiger charge is -2.23. The Morgan fingerprint density at radius 2 is 1.49 bits per heavy atom. The molecule has 2 saturated carbocycles. The van der Waals surface area contributed by atoms with E-state index in [0.29, 0.717) is 11.1 Å². The number of esters is 2. The van der Waals surface area contributed by atoms with Crippen LogP contribution in [0.5, 0.6) is 0 Å². The molecule has 6 atom stereocenters. The van der Waals surface area contributed by atoms with Crippen LogP contribution in [0.2, 0.25) is 0 Å². The molecule has 11 heteroatoms. The first-order chi connectivity index (χ1) is 18.4. The predicted molar refractivity (Wildman–Crippen MR) is 135 cm³/mol. The number of rotatable bonds is 11. The van der Waals surface area contributed by atoms with Crippen LogP contribution in [0.25, 0.3) is 0 Å². The Balaban J connectivity index is 1.83. The topological polar surface area (TPSA) is 173 Å². The van der Waals surface area contributed by atoms with Crippen molar-refractivity contribution >= 4 is 35.6 Å². The summed E-state index contributed by atoms with van der Waals surface area (Å²) < 4.78 is 10.2. The van der Waals surface area contributed by atoms with Crippen LogP contribution in [0.3, 0.4) is 0 Å². The number of amides is 1. The van der Waals surface area contributed by atoms with Gasteiger partial charge < -0.3 is 25.0 Å². The quantitative estimate of drug-likeness (QED) is 0.212. The molecule has 39 heavy (non-hydrogen) atoms. The van der Waals surface area contributed by atoms with E-state index in [4.69, 9.17) is 9.47 Å². The van der Waals surface area contributed by atoms with E-state index in [1.807, 2.05) is 0 Å². The average Bonchev–Trinajstić information content (AvgIpc) is 3.45. The molecule has 0 spiro atoms. The van der Waals surface area contributed by atoms with Gasteiger partial charge in [0.25, 0.3) is 0 Å². The Kier molecular flexibility index (Phi) is 9.26. The Hall–Kier alpha value is -4.02. The summed E-state index contributed by atoms with van der Waals surface area (Å²) in [5, 5.41) is 22.2. The SMILES string of the molecule is C=C(C)C(=O)OCCOC(=O)c1c(C)cccc1CC(=O)C1CC(C(=O)O)C2C(C(=O)NC)CC(C(=O)O)C12. The average molecular weight is 544 g/mol. The highest BCUT2D eigenvalue weighted by Crippen LogP contribution is 2.57. The van der Waals surface area contributed by atoms with Gasteiger partial charge in [-0.05, 0) is 49.7 Å². The van der Waals surface area contributed by atoms with E-state index in [9.17, 15) is 39.0 Å². The molecule has 0 aromatic heterocycles. The van der Waals surface area contributed by atoms with E-state index in [1.165, 1.54) is 14.0 Å². The Labute approximate surface area is 225 Å². The number of Topliss-reactive ketones (excluding diaryl/α,β-unsaturated/α-hetero) is 1. The number of carbonyl (C=O) groups is 6. The van der Waals surface area contributed by atoms with Crippen molar-refractivity contribution in [3.63, 3.8) is 0 Å². The van der Waals surface area contributed by atoms with Crippen LogP contribution >= 0.6 is 0 Å². The lowest BCUT2D eigenvalue weighted by molar-refractivity contribution is -0.146. The number of benzene rings is 1. The third-order valence-electron chi connectivity index (χ3n) is 7.78. The first-order valence-corrected chi connectivity index (χ1v) is 12.7. The molecule has 2 aliphatic rings. The molecule has 0 aliphatic heterocycles. The normalized spacial score (nSPS) is 25.3. The van der Waals surface area contributed by atoms with Crippen molar-refractivity contribution in [2.75, 3.05) is 20.3 Å². The molecule has 1 aromatic rings. The number of fused-ring (bicyclic) bond motifs is 1. The highest BCUT2D eigenvalue weighted by atomic mass is 16.6. The minimum absolute atomic E-state index is 0.0458. The van der Waals surface area contributed by atoms with E-state index in [-0.39, 0.29) is 43.6 Å². The zero-order valence-electron chi connectivity index (χ0n) is 22.1. The molecule has 1 aromatic carbocycles. The molecular weight excluding hydrogens is 510 g/mol. The summed E-state index contributed by atoms with van der Waals surface area (Å²) >= 11 is 0. The minimum atomic E-state index is -1.17. The first kappa shape index (κ1) is 29.5. The standard InChI is InChI=1S/C28H33NO10/c1-13(2)27(36)38-8-9-39-28(37)21-14(3)6-5-7-15(21)10-20(30)16-11-18(25(32)33)23-17(24(31)29-4)12-19(22(16)23)26(34)35/h5-7,16-19,22-23H,1,8-12H2,2-4H3,(H,29,31)(H,32,33)(H,34,35). The van der Waals surface area contributed by atoms with Crippen molar-refractivity contribution in [1.82, 2.24) is 5.32 Å². The van der Waals surface area contributed by atoms with Crippen LogP contribution in [-0.4, -0.2) is 66.0 Å². The summed E-state index contributed by atoms with van der Waals surface area (Å²) in [6.07, 6.45) is -0.371. The molecule has 0 heterocycles. The van der Waals surface area contributed by atoms with Gasteiger partial charge in [-0.2, -0.15) is 0 Å². The highest BCUT2D eigenvalue weighted by molar-refractivity contribution is 5.96. The van der Waals surface area contributed by atoms with Gasteiger partial charge in [0.1, 0.15) is 19.0 Å². The fraction of sp³-hybridized carbons (Fsp3) is 0.500. The summed E-state index contributed by atoms with van der Waals surface area (Å²) in [6, 6.07) is 4.92. The molecule has 0 radical (unpaired) electrons. The number of ether oxygens (including phenoxy) is 2. The number of ketones is 1. The van der Waals surface area contributed by atoms with Gasteiger partial charge in [0.15, 0.2) is 0 Å². The Morgan fingerprint density at radius 3 is 2.05 bits per heavy atom. The lowest BCUT2D eigenvalue weighted by Crippen LogP contribution is -2.35. The molecule has 2 aliphatic carbocycles. The molecular formula is C28H33NO10. The van der Waals surface area contributed by atoms with Gasteiger partial charge in [0.2, 0.25) is 5.91 Å². The van der Waals surface area contributed by atoms with Crippen molar-refractivity contribution in [3.8, 4) is 0 Å². The van der Waals surface area contributed by atoms with E-state index in [0.717, 1.165) is 0 Å². The number of aliphatic carboxylic acids is 2. The second kappa shape index (κ2) is 12.2. The van der Waals surface area contributed by atoms with Crippen molar-refractivity contribution in [3.05, 3.63) is 47.0 Å². The number of carbonyl (C=O) groups excluding carboxylic acids is 4. The predicted octanol–water partition coefficient (Wildman–Crippen LogP) is 1.80. The van der Waals surface area contributed by atoms with Crippen molar-refractivity contribution in [1.29, 1.82) is 0 Å². The van der Waals surface area contributed by atoms with Crippen molar-refractivity contribution in [2.45, 2.75) is 33.1 Å². The smallest absolute Gasteiger partial charge is 0.338 e. The molecule has 3 N–H and O–H groups in total. The van der Waals surface area contributed by atoms with Gasteiger partial charge in [-0.25, -0.2) is 9.59 Å². The number of nitrogens with one attached hydrogen (secondary N) is 1. The van der Waals surface area contributed by atoms with Gasteiger partial charge in [0, 0.05) is 30.9 Å². The molecule has 6 unspecified atom stereocenters. The second-order valence-electron chi connectivity index (χ2n) is 10.1. The lowest BCUT2D eigenvalue weighted by atomic mass is 9.79. The first-order valence-electron chi connectivity index (χ1n) is 12.7. The summed E-state index contributed by atoms with van der Waals surface area (Å²) in [7, 11) is 1.40. The maximum Gasteiger partial charge on any atom is 0.338 e. The minimum Gasteiger partial charge on any atom is -0.481 e. The molecule has 11 nitrogen and oxygen atoms in total. The fourth-order valence-electron chi connectivity index (χ4n) is 6.10. The summed E-state index contributed by atoms with van der Waals surface area (Å²) in [5.41, 5.74) is 1.26. The van der Waals surface area contributed by atoms with E-state index in [1.54, 1.807) is 25.1 Å². The second-order valence-corrected chi connectivity index (χ2v) is 10.1. The van der Waals surface area contributed by atoms with Crippen LogP contribution in [0, 0.1) is 42.4 Å². The van der Waals surface area contributed by atoms with Gasteiger partial charge in [-0.3, -0.25) is 19.2 Å². The number of hydrogen-bond donors (Lipinski definition) is 3. The van der Waals surface area contributed by atoms with E-state index >= 15 is 0 Å². The molecule has 2 fully saturated rings. The number of carboxylic acids is 2.